The predicted molar refractivity (Wildman–Crippen MR) is 73.0 cm³/mol. The number of hydrogen-bond donors (Lipinski definition) is 3. The molecule has 11 nitrogen and oxygen atoms in total. The van der Waals surface area contributed by atoms with Gasteiger partial charge in [0.05, 0.1) is 0 Å². The van der Waals surface area contributed by atoms with Gasteiger partial charge in [0.25, 0.3) is 0 Å². The first-order valence-electron chi connectivity index (χ1n) is 6.03. The summed E-state index contributed by atoms with van der Waals surface area (Å²) >= 11 is 0. The number of oxime groups is 1. The lowest BCUT2D eigenvalue weighted by Gasteiger charge is -2.16. The fraction of sp³-hybridized carbons (Fsp3) is 0.500. The van der Waals surface area contributed by atoms with E-state index in [4.69, 9.17) is 24.7 Å². The van der Waals surface area contributed by atoms with E-state index in [0.29, 0.717) is 0 Å². The minimum Gasteiger partial charge on any atom is -0.393 e. The molecule has 0 saturated carbocycles. The monoisotopic (exact) mass is 333 g/mol. The minimum absolute atomic E-state index is 0.00992. The van der Waals surface area contributed by atoms with Crippen molar-refractivity contribution >= 4 is 20.8 Å². The van der Waals surface area contributed by atoms with Crippen LogP contribution < -0.4 is 11.4 Å². The number of aliphatic hydroxyl groups is 1. The molecule has 1 saturated heterocycles. The Balaban J connectivity index is 2.27. The average molecular weight is 333 g/mol. The van der Waals surface area contributed by atoms with Crippen LogP contribution in [0.1, 0.15) is 6.23 Å². The van der Waals surface area contributed by atoms with Crippen molar-refractivity contribution in [3.63, 3.8) is 0 Å². The van der Waals surface area contributed by atoms with Crippen molar-refractivity contribution in [3.8, 4) is 0 Å². The standard InChI is InChI=1S/C10H13N4O7P/c1-12-19-4-5-8(21-22(17)18)7(15)9(20-5)14-3-2-6(11)13-10(14)16/h2-3,5,7-9,15H,1,4H2,(H2-,11,13,16,17,18)/p+1/t5-,7-,8-,9-/m1/s1. The summed E-state index contributed by atoms with van der Waals surface area (Å²) in [6.07, 6.45) is -3.46. The zero-order chi connectivity index (χ0) is 16.3. The third-order valence-electron chi connectivity index (χ3n) is 2.98. The topological polar surface area (TPSA) is 158 Å². The Labute approximate surface area is 124 Å². The van der Waals surface area contributed by atoms with Crippen LogP contribution in [-0.2, 0) is 18.7 Å². The second-order valence-electron chi connectivity index (χ2n) is 4.33. The molecule has 0 spiro atoms. The zero-order valence-corrected chi connectivity index (χ0v) is 12.1. The van der Waals surface area contributed by atoms with E-state index in [0.717, 1.165) is 4.57 Å². The first-order chi connectivity index (χ1) is 10.4. The second-order valence-corrected chi connectivity index (χ2v) is 5.02. The van der Waals surface area contributed by atoms with E-state index in [1.807, 2.05) is 0 Å². The molecular formula is C10H14N4O7P+. The Hall–Kier alpha value is -1.91. The van der Waals surface area contributed by atoms with Crippen molar-refractivity contribution in [2.24, 2.45) is 5.16 Å². The maximum absolute atomic E-state index is 11.8. The summed E-state index contributed by atoms with van der Waals surface area (Å²) in [6, 6.07) is 1.34. The van der Waals surface area contributed by atoms with Crippen molar-refractivity contribution < 1.29 is 28.7 Å². The molecule has 0 bridgehead atoms. The van der Waals surface area contributed by atoms with Crippen molar-refractivity contribution in [2.45, 2.75) is 24.5 Å². The summed E-state index contributed by atoms with van der Waals surface area (Å²) in [4.78, 5) is 28.9. The summed E-state index contributed by atoms with van der Waals surface area (Å²) in [5.74, 6) is 0.00992. The van der Waals surface area contributed by atoms with Crippen LogP contribution >= 0.6 is 8.25 Å². The first-order valence-corrected chi connectivity index (χ1v) is 7.16. The average Bonchev–Trinajstić information content (AvgIpc) is 2.73. The number of rotatable bonds is 6. The molecule has 0 aliphatic carbocycles. The van der Waals surface area contributed by atoms with Crippen molar-refractivity contribution in [2.75, 3.05) is 12.3 Å². The van der Waals surface area contributed by atoms with Crippen LogP contribution in [0.25, 0.3) is 0 Å². The highest BCUT2D eigenvalue weighted by atomic mass is 31.1. The number of nitrogens with zero attached hydrogens (tertiary/aromatic N) is 3. The molecule has 5 atom stereocenters. The van der Waals surface area contributed by atoms with Crippen LogP contribution in [0.2, 0.25) is 0 Å². The zero-order valence-electron chi connectivity index (χ0n) is 11.2. The molecule has 1 aromatic rings. The molecule has 0 amide bonds. The van der Waals surface area contributed by atoms with E-state index in [1.165, 1.54) is 12.3 Å². The third-order valence-corrected chi connectivity index (χ3v) is 3.40. The van der Waals surface area contributed by atoms with Crippen LogP contribution in [-0.4, -0.2) is 51.2 Å². The molecule has 120 valence electrons. The molecule has 4 N–H and O–H groups in total. The van der Waals surface area contributed by atoms with E-state index in [1.54, 1.807) is 0 Å². The summed E-state index contributed by atoms with van der Waals surface area (Å²) in [7, 11) is -3.00. The molecule has 0 aromatic carbocycles. The minimum atomic E-state index is -3.00. The number of aliphatic hydroxyl groups excluding tert-OH is 1. The highest BCUT2D eigenvalue weighted by molar-refractivity contribution is 7.32. The fourth-order valence-electron chi connectivity index (χ4n) is 2.06. The highest BCUT2D eigenvalue weighted by Crippen LogP contribution is 2.35. The smallest absolute Gasteiger partial charge is 0.393 e. The van der Waals surface area contributed by atoms with E-state index in [9.17, 15) is 14.5 Å². The Morgan fingerprint density at radius 3 is 2.95 bits per heavy atom. The number of anilines is 1. The maximum atomic E-state index is 11.8. The van der Waals surface area contributed by atoms with Gasteiger partial charge in [-0.1, -0.05) is 0 Å². The fourth-order valence-corrected chi connectivity index (χ4v) is 2.53. The molecule has 1 aromatic heterocycles. The van der Waals surface area contributed by atoms with Gasteiger partial charge in [0.1, 0.15) is 24.6 Å². The molecule has 1 unspecified atom stereocenters. The largest absolute Gasteiger partial charge is 0.695 e. The van der Waals surface area contributed by atoms with Gasteiger partial charge in [0, 0.05) is 17.5 Å². The SMILES string of the molecule is C=NOC[C@H]1O[C@@H](n2ccc(N)nc2=O)[C@H](O)[C@@H]1O[P+](=O)O. The maximum Gasteiger partial charge on any atom is 0.695 e. The van der Waals surface area contributed by atoms with Crippen molar-refractivity contribution in [1.82, 2.24) is 9.55 Å². The van der Waals surface area contributed by atoms with E-state index >= 15 is 0 Å². The van der Waals surface area contributed by atoms with Gasteiger partial charge in [0.2, 0.25) is 0 Å². The summed E-state index contributed by atoms with van der Waals surface area (Å²) < 4.78 is 22.0. The van der Waals surface area contributed by atoms with Gasteiger partial charge in [-0.2, -0.15) is 4.98 Å². The Bertz CT molecular complexity index is 624. The molecule has 12 heteroatoms. The van der Waals surface area contributed by atoms with Gasteiger partial charge in [-0.15, -0.1) is 14.6 Å². The quantitative estimate of drug-likeness (QED) is 0.328. The lowest BCUT2D eigenvalue weighted by Crippen LogP contribution is -2.37. The molecule has 1 fully saturated rings. The number of hydrogen-bond acceptors (Lipinski definition) is 9. The number of aromatic nitrogens is 2. The Kier molecular flexibility index (Phi) is 5.16. The first kappa shape index (κ1) is 16.5. The van der Waals surface area contributed by atoms with Gasteiger partial charge < -0.3 is 20.4 Å². The third kappa shape index (κ3) is 3.46. The molecule has 1 aliphatic heterocycles. The second kappa shape index (κ2) is 6.90. The van der Waals surface area contributed by atoms with Gasteiger partial charge >= 0.3 is 13.9 Å². The summed E-state index contributed by atoms with van der Waals surface area (Å²) in [5, 5.41) is 13.4. The molecule has 2 heterocycles. The lowest BCUT2D eigenvalue weighted by molar-refractivity contribution is -0.0663. The van der Waals surface area contributed by atoms with Crippen LogP contribution in [0, 0.1) is 0 Å². The number of nitrogens with two attached hydrogens (primary N) is 1. The molecule has 0 radical (unpaired) electrons. The van der Waals surface area contributed by atoms with Crippen molar-refractivity contribution in [1.29, 1.82) is 0 Å². The molecule has 2 rings (SSSR count). The molecular weight excluding hydrogens is 319 g/mol. The van der Waals surface area contributed by atoms with E-state index < -0.39 is 38.5 Å². The highest BCUT2D eigenvalue weighted by Gasteiger charge is 2.50. The molecule has 22 heavy (non-hydrogen) atoms. The van der Waals surface area contributed by atoms with E-state index in [2.05, 4.69) is 16.9 Å². The summed E-state index contributed by atoms with van der Waals surface area (Å²) in [6.45, 7) is 2.92. The van der Waals surface area contributed by atoms with Gasteiger partial charge in [-0.05, 0) is 6.07 Å². The molecule has 1 aliphatic rings. The van der Waals surface area contributed by atoms with Crippen LogP contribution in [0.4, 0.5) is 5.82 Å². The number of nitrogen functional groups attached to an aromatic ring is 1. The Morgan fingerprint density at radius 1 is 1.64 bits per heavy atom. The van der Waals surface area contributed by atoms with Crippen LogP contribution in [0.5, 0.6) is 0 Å². The predicted octanol–water partition coefficient (Wildman–Crippen LogP) is -1.25. The lowest BCUT2D eigenvalue weighted by atomic mass is 10.1. The van der Waals surface area contributed by atoms with Crippen molar-refractivity contribution in [3.05, 3.63) is 22.7 Å². The number of ether oxygens (including phenoxy) is 1. The Morgan fingerprint density at radius 2 is 2.36 bits per heavy atom. The summed E-state index contributed by atoms with van der Waals surface area (Å²) in [5.41, 5.74) is 4.63. The van der Waals surface area contributed by atoms with Gasteiger partial charge in [-0.25, -0.2) is 4.79 Å². The van der Waals surface area contributed by atoms with E-state index in [-0.39, 0.29) is 12.4 Å². The van der Waals surface area contributed by atoms with Crippen LogP contribution in [0.15, 0.2) is 22.2 Å². The van der Waals surface area contributed by atoms with Gasteiger partial charge in [0.15, 0.2) is 12.3 Å². The normalized spacial score (nSPS) is 28.4. The van der Waals surface area contributed by atoms with Gasteiger partial charge in [-0.3, -0.25) is 4.57 Å². The van der Waals surface area contributed by atoms with Crippen LogP contribution in [0.3, 0.4) is 0 Å².